The summed E-state index contributed by atoms with van der Waals surface area (Å²) in [7, 11) is 0. The van der Waals surface area contributed by atoms with Gasteiger partial charge in [-0.2, -0.15) is 0 Å². The molecule has 2 rings (SSSR count). The zero-order chi connectivity index (χ0) is 13.0. The Balaban J connectivity index is 1.93. The average Bonchev–Trinajstić information content (AvgIpc) is 2.38. The Bertz CT molecular complexity index is 397. The summed E-state index contributed by atoms with van der Waals surface area (Å²) in [6, 6.07) is 5.23. The van der Waals surface area contributed by atoms with E-state index in [9.17, 15) is 4.39 Å². The van der Waals surface area contributed by atoms with E-state index in [0.717, 1.165) is 6.42 Å². The van der Waals surface area contributed by atoms with Gasteiger partial charge in [-0.3, -0.25) is 0 Å². The minimum Gasteiger partial charge on any atom is -0.309 e. The molecule has 1 aliphatic rings. The second-order valence-electron chi connectivity index (χ2n) is 4.92. The summed E-state index contributed by atoms with van der Waals surface area (Å²) in [6.45, 7) is 0.543. The van der Waals surface area contributed by atoms with Crippen LogP contribution >= 0.6 is 23.2 Å². The molecule has 1 N–H and O–H groups in total. The van der Waals surface area contributed by atoms with Gasteiger partial charge in [0, 0.05) is 29.1 Å². The van der Waals surface area contributed by atoms with Gasteiger partial charge in [-0.05, 0) is 30.9 Å². The number of nitrogens with one attached hydrogen (secondary N) is 1. The Kier molecular flexibility index (Phi) is 5.28. The van der Waals surface area contributed by atoms with Crippen molar-refractivity contribution in [2.75, 3.05) is 5.88 Å². The lowest BCUT2D eigenvalue weighted by atomic mass is 9.85. The Morgan fingerprint density at radius 2 is 2.06 bits per heavy atom. The molecule has 1 aliphatic carbocycles. The molecule has 100 valence electrons. The van der Waals surface area contributed by atoms with E-state index in [1.54, 1.807) is 12.1 Å². The summed E-state index contributed by atoms with van der Waals surface area (Å²) in [6.07, 6.45) is 4.79. The van der Waals surface area contributed by atoms with Crippen LogP contribution in [0.5, 0.6) is 0 Å². The molecule has 0 saturated heterocycles. The Hall–Kier alpha value is -0.310. The van der Waals surface area contributed by atoms with E-state index < -0.39 is 0 Å². The molecule has 2 atom stereocenters. The molecular formula is C14H18Cl2FN. The van der Waals surface area contributed by atoms with Crippen molar-refractivity contribution >= 4 is 23.2 Å². The first-order valence-electron chi connectivity index (χ1n) is 6.44. The maximum Gasteiger partial charge on any atom is 0.129 e. The lowest BCUT2D eigenvalue weighted by Gasteiger charge is -2.31. The van der Waals surface area contributed by atoms with Gasteiger partial charge in [0.15, 0.2) is 0 Å². The second kappa shape index (κ2) is 6.74. The monoisotopic (exact) mass is 289 g/mol. The molecule has 0 radical (unpaired) electrons. The summed E-state index contributed by atoms with van der Waals surface area (Å²) in [5.41, 5.74) is 0.665. The number of benzene rings is 1. The van der Waals surface area contributed by atoms with Crippen LogP contribution in [-0.4, -0.2) is 11.9 Å². The molecule has 0 aliphatic heterocycles. The number of alkyl halides is 1. The van der Waals surface area contributed by atoms with Gasteiger partial charge in [0.05, 0.1) is 0 Å². The highest BCUT2D eigenvalue weighted by Gasteiger charge is 2.23. The van der Waals surface area contributed by atoms with E-state index in [0.29, 0.717) is 35.0 Å². The van der Waals surface area contributed by atoms with Crippen LogP contribution in [0.25, 0.3) is 0 Å². The summed E-state index contributed by atoms with van der Waals surface area (Å²) in [4.78, 5) is 0. The Labute approximate surface area is 118 Å². The fourth-order valence-corrected chi connectivity index (χ4v) is 3.10. The SMILES string of the molecule is Fc1cc(Cl)ccc1CNC1CCCCC1CCl. The molecule has 1 nitrogen and oxygen atoms in total. The molecule has 0 bridgehead atoms. The standard InChI is InChI=1S/C14H18Cl2FN/c15-8-10-3-1-2-4-14(10)18-9-11-5-6-12(16)7-13(11)17/h5-7,10,14,18H,1-4,8-9H2. The molecule has 4 heteroatoms. The van der Waals surface area contributed by atoms with E-state index in [4.69, 9.17) is 23.2 Å². The van der Waals surface area contributed by atoms with E-state index in [-0.39, 0.29) is 5.82 Å². The lowest BCUT2D eigenvalue weighted by Crippen LogP contribution is -2.39. The number of halogens is 3. The van der Waals surface area contributed by atoms with Gasteiger partial charge in [-0.15, -0.1) is 11.6 Å². The first-order valence-corrected chi connectivity index (χ1v) is 7.35. The molecule has 0 amide bonds. The highest BCUT2D eigenvalue weighted by Crippen LogP contribution is 2.26. The molecule has 1 aromatic carbocycles. The predicted molar refractivity (Wildman–Crippen MR) is 74.7 cm³/mol. The van der Waals surface area contributed by atoms with E-state index in [2.05, 4.69) is 5.32 Å². The van der Waals surface area contributed by atoms with Gasteiger partial charge in [0.25, 0.3) is 0 Å². The van der Waals surface area contributed by atoms with Crippen molar-refractivity contribution in [1.82, 2.24) is 5.32 Å². The van der Waals surface area contributed by atoms with Crippen LogP contribution in [0.3, 0.4) is 0 Å². The van der Waals surface area contributed by atoms with Gasteiger partial charge < -0.3 is 5.32 Å². The first kappa shape index (κ1) is 14.1. The number of hydrogen-bond acceptors (Lipinski definition) is 1. The minimum absolute atomic E-state index is 0.242. The van der Waals surface area contributed by atoms with Crippen LogP contribution in [0.15, 0.2) is 18.2 Å². The molecule has 0 aromatic heterocycles. The van der Waals surface area contributed by atoms with Crippen molar-refractivity contribution in [3.8, 4) is 0 Å². The first-order chi connectivity index (χ1) is 8.70. The Morgan fingerprint density at radius 3 is 2.78 bits per heavy atom. The smallest absolute Gasteiger partial charge is 0.129 e. The second-order valence-corrected chi connectivity index (χ2v) is 5.67. The minimum atomic E-state index is -0.242. The third-order valence-corrected chi connectivity index (χ3v) is 4.31. The maximum atomic E-state index is 13.6. The van der Waals surface area contributed by atoms with Gasteiger partial charge in [-0.25, -0.2) is 4.39 Å². The van der Waals surface area contributed by atoms with Crippen molar-refractivity contribution in [3.05, 3.63) is 34.6 Å². The lowest BCUT2D eigenvalue weighted by molar-refractivity contribution is 0.281. The highest BCUT2D eigenvalue weighted by molar-refractivity contribution is 6.30. The molecular weight excluding hydrogens is 272 g/mol. The third-order valence-electron chi connectivity index (χ3n) is 3.68. The zero-order valence-corrected chi connectivity index (χ0v) is 11.8. The van der Waals surface area contributed by atoms with Crippen molar-refractivity contribution < 1.29 is 4.39 Å². The highest BCUT2D eigenvalue weighted by atomic mass is 35.5. The van der Waals surface area contributed by atoms with Gasteiger partial charge in [0.2, 0.25) is 0 Å². The van der Waals surface area contributed by atoms with Crippen LogP contribution < -0.4 is 5.32 Å². The summed E-state index contributed by atoms with van der Waals surface area (Å²) < 4.78 is 13.6. The van der Waals surface area contributed by atoms with E-state index >= 15 is 0 Å². The van der Waals surface area contributed by atoms with Crippen LogP contribution in [0.2, 0.25) is 5.02 Å². The van der Waals surface area contributed by atoms with Crippen LogP contribution in [0, 0.1) is 11.7 Å². The summed E-state index contributed by atoms with van der Waals surface area (Å²) in [5.74, 6) is 0.949. The fourth-order valence-electron chi connectivity index (χ4n) is 2.57. The Morgan fingerprint density at radius 1 is 1.28 bits per heavy atom. The molecule has 0 heterocycles. The fraction of sp³-hybridized carbons (Fsp3) is 0.571. The molecule has 0 spiro atoms. The number of hydrogen-bond donors (Lipinski definition) is 1. The van der Waals surface area contributed by atoms with Gasteiger partial charge in [-0.1, -0.05) is 30.5 Å². The molecule has 18 heavy (non-hydrogen) atoms. The third kappa shape index (κ3) is 3.59. The quantitative estimate of drug-likeness (QED) is 0.812. The van der Waals surface area contributed by atoms with Crippen molar-refractivity contribution in [3.63, 3.8) is 0 Å². The van der Waals surface area contributed by atoms with Crippen LogP contribution in [-0.2, 0) is 6.54 Å². The van der Waals surface area contributed by atoms with Crippen molar-refractivity contribution in [2.24, 2.45) is 5.92 Å². The number of rotatable bonds is 4. The van der Waals surface area contributed by atoms with Gasteiger partial charge in [0.1, 0.15) is 5.82 Å². The van der Waals surface area contributed by atoms with E-state index in [1.807, 2.05) is 0 Å². The van der Waals surface area contributed by atoms with Gasteiger partial charge >= 0.3 is 0 Å². The molecule has 1 aromatic rings. The molecule has 1 fully saturated rings. The van der Waals surface area contributed by atoms with E-state index in [1.165, 1.54) is 25.3 Å². The predicted octanol–water partition coefficient (Wildman–Crippen LogP) is 4.37. The normalized spacial score (nSPS) is 24.2. The molecule has 2 unspecified atom stereocenters. The maximum absolute atomic E-state index is 13.6. The van der Waals surface area contributed by atoms with Crippen LogP contribution in [0.4, 0.5) is 4.39 Å². The van der Waals surface area contributed by atoms with Crippen molar-refractivity contribution in [2.45, 2.75) is 38.3 Å². The van der Waals surface area contributed by atoms with Crippen molar-refractivity contribution in [1.29, 1.82) is 0 Å². The molecule has 1 saturated carbocycles. The topological polar surface area (TPSA) is 12.0 Å². The average molecular weight is 290 g/mol. The largest absolute Gasteiger partial charge is 0.309 e. The zero-order valence-electron chi connectivity index (χ0n) is 10.3. The summed E-state index contributed by atoms with van der Waals surface area (Å²) >= 11 is 11.7. The van der Waals surface area contributed by atoms with Crippen LogP contribution in [0.1, 0.15) is 31.2 Å². The summed E-state index contributed by atoms with van der Waals surface area (Å²) in [5, 5.41) is 3.87.